The molecule has 0 heterocycles. The molecule has 1 nitrogen and oxygen atoms in total. The third-order valence-corrected chi connectivity index (χ3v) is 3.05. The standard InChI is InChI=1S/C15H15F2N/c16-14-7-5-11(6-8-14)13(10-18)9-12-3-1-2-4-15(12)17/h1-8,13H,9-10,18H2. The molecule has 0 saturated carbocycles. The molecular weight excluding hydrogens is 232 g/mol. The van der Waals surface area contributed by atoms with Gasteiger partial charge in [-0.05, 0) is 42.3 Å². The highest BCUT2D eigenvalue weighted by molar-refractivity contribution is 5.25. The van der Waals surface area contributed by atoms with E-state index in [0.29, 0.717) is 18.5 Å². The fourth-order valence-electron chi connectivity index (χ4n) is 2.00. The van der Waals surface area contributed by atoms with Crippen molar-refractivity contribution in [1.82, 2.24) is 0 Å². The molecule has 3 heteroatoms. The van der Waals surface area contributed by atoms with Crippen molar-refractivity contribution in [2.24, 2.45) is 5.73 Å². The molecule has 0 radical (unpaired) electrons. The van der Waals surface area contributed by atoms with Crippen molar-refractivity contribution >= 4 is 0 Å². The van der Waals surface area contributed by atoms with Crippen LogP contribution in [0.4, 0.5) is 8.78 Å². The smallest absolute Gasteiger partial charge is 0.126 e. The van der Waals surface area contributed by atoms with Gasteiger partial charge in [-0.15, -0.1) is 0 Å². The van der Waals surface area contributed by atoms with Gasteiger partial charge < -0.3 is 5.73 Å². The van der Waals surface area contributed by atoms with Crippen molar-refractivity contribution in [3.8, 4) is 0 Å². The molecule has 2 aromatic rings. The van der Waals surface area contributed by atoms with Crippen LogP contribution in [0.1, 0.15) is 17.0 Å². The van der Waals surface area contributed by atoms with E-state index in [0.717, 1.165) is 5.56 Å². The third kappa shape index (κ3) is 2.93. The fourth-order valence-corrected chi connectivity index (χ4v) is 2.00. The Labute approximate surface area is 105 Å². The van der Waals surface area contributed by atoms with Crippen LogP contribution in [-0.2, 0) is 6.42 Å². The Morgan fingerprint density at radius 2 is 1.61 bits per heavy atom. The molecule has 94 valence electrons. The number of hydrogen-bond donors (Lipinski definition) is 1. The van der Waals surface area contributed by atoms with Crippen LogP contribution in [0.3, 0.4) is 0 Å². The predicted molar refractivity (Wildman–Crippen MR) is 68.3 cm³/mol. The SMILES string of the molecule is NCC(Cc1ccccc1F)c1ccc(F)cc1. The van der Waals surface area contributed by atoms with Crippen LogP contribution in [0.5, 0.6) is 0 Å². The topological polar surface area (TPSA) is 26.0 Å². The first kappa shape index (κ1) is 12.7. The molecule has 0 bridgehead atoms. The van der Waals surface area contributed by atoms with Crippen LogP contribution in [-0.4, -0.2) is 6.54 Å². The first-order valence-corrected chi connectivity index (χ1v) is 5.89. The highest BCUT2D eigenvalue weighted by atomic mass is 19.1. The van der Waals surface area contributed by atoms with Crippen LogP contribution in [0, 0.1) is 11.6 Å². The summed E-state index contributed by atoms with van der Waals surface area (Å²) in [7, 11) is 0. The zero-order valence-corrected chi connectivity index (χ0v) is 9.94. The molecule has 0 aromatic heterocycles. The van der Waals surface area contributed by atoms with E-state index < -0.39 is 0 Å². The van der Waals surface area contributed by atoms with Gasteiger partial charge in [-0.1, -0.05) is 30.3 Å². The van der Waals surface area contributed by atoms with E-state index >= 15 is 0 Å². The largest absolute Gasteiger partial charge is 0.330 e. The summed E-state index contributed by atoms with van der Waals surface area (Å²) < 4.78 is 26.4. The van der Waals surface area contributed by atoms with Crippen molar-refractivity contribution in [1.29, 1.82) is 0 Å². The summed E-state index contributed by atoms with van der Waals surface area (Å²) >= 11 is 0. The minimum absolute atomic E-state index is 0.00231. The van der Waals surface area contributed by atoms with Gasteiger partial charge >= 0.3 is 0 Å². The second kappa shape index (κ2) is 5.74. The highest BCUT2D eigenvalue weighted by Crippen LogP contribution is 2.21. The second-order valence-electron chi connectivity index (χ2n) is 4.28. The van der Waals surface area contributed by atoms with Gasteiger partial charge in [0.1, 0.15) is 11.6 Å². The molecule has 2 rings (SSSR count). The first-order valence-electron chi connectivity index (χ1n) is 5.89. The maximum absolute atomic E-state index is 13.6. The summed E-state index contributed by atoms with van der Waals surface area (Å²) in [6.45, 7) is 0.403. The molecular formula is C15H15F2N. The Morgan fingerprint density at radius 1 is 0.944 bits per heavy atom. The van der Waals surface area contributed by atoms with E-state index in [2.05, 4.69) is 0 Å². The van der Waals surface area contributed by atoms with Crippen LogP contribution in [0.2, 0.25) is 0 Å². The molecule has 2 aromatic carbocycles. The van der Waals surface area contributed by atoms with Gasteiger partial charge in [-0.25, -0.2) is 8.78 Å². The van der Waals surface area contributed by atoms with E-state index in [1.807, 2.05) is 0 Å². The van der Waals surface area contributed by atoms with Crippen LogP contribution in [0.25, 0.3) is 0 Å². The van der Waals surface area contributed by atoms with Crippen molar-refractivity contribution in [3.05, 3.63) is 71.3 Å². The lowest BCUT2D eigenvalue weighted by Gasteiger charge is -2.15. The minimum atomic E-state index is -0.277. The molecule has 1 atom stereocenters. The summed E-state index contributed by atoms with van der Waals surface area (Å²) in [5.41, 5.74) is 7.29. The molecule has 0 aliphatic carbocycles. The molecule has 0 aliphatic rings. The molecule has 1 unspecified atom stereocenters. The van der Waals surface area contributed by atoms with E-state index in [9.17, 15) is 8.78 Å². The van der Waals surface area contributed by atoms with E-state index in [1.54, 1.807) is 30.3 Å². The molecule has 0 spiro atoms. The minimum Gasteiger partial charge on any atom is -0.330 e. The molecule has 18 heavy (non-hydrogen) atoms. The Balaban J connectivity index is 2.20. The lowest BCUT2D eigenvalue weighted by atomic mass is 9.92. The molecule has 0 aliphatic heterocycles. The Morgan fingerprint density at radius 3 is 2.22 bits per heavy atom. The quantitative estimate of drug-likeness (QED) is 0.881. The maximum atomic E-state index is 13.6. The maximum Gasteiger partial charge on any atom is 0.126 e. The van der Waals surface area contributed by atoms with E-state index in [1.165, 1.54) is 18.2 Å². The van der Waals surface area contributed by atoms with Crippen LogP contribution >= 0.6 is 0 Å². The van der Waals surface area contributed by atoms with Crippen molar-refractivity contribution < 1.29 is 8.78 Å². The Kier molecular flexibility index (Phi) is 4.05. The summed E-state index contributed by atoms with van der Waals surface area (Å²) in [5.74, 6) is -0.499. The molecule has 0 fully saturated rings. The highest BCUT2D eigenvalue weighted by Gasteiger charge is 2.13. The molecule has 0 saturated heterocycles. The monoisotopic (exact) mass is 247 g/mol. The Hall–Kier alpha value is -1.74. The predicted octanol–water partition coefficient (Wildman–Crippen LogP) is 3.25. The molecule has 0 amide bonds. The van der Waals surface area contributed by atoms with Crippen molar-refractivity contribution in [2.45, 2.75) is 12.3 Å². The summed E-state index contributed by atoms with van der Waals surface area (Å²) in [5, 5.41) is 0. The van der Waals surface area contributed by atoms with Gasteiger partial charge in [-0.3, -0.25) is 0 Å². The van der Waals surface area contributed by atoms with Gasteiger partial charge in [0.05, 0.1) is 0 Å². The van der Waals surface area contributed by atoms with Gasteiger partial charge in [0.2, 0.25) is 0 Å². The molecule has 2 N–H and O–H groups in total. The van der Waals surface area contributed by atoms with E-state index in [4.69, 9.17) is 5.73 Å². The summed E-state index contributed by atoms with van der Waals surface area (Å²) in [6.07, 6.45) is 0.523. The number of nitrogens with two attached hydrogens (primary N) is 1. The van der Waals surface area contributed by atoms with Crippen LogP contribution < -0.4 is 5.73 Å². The van der Waals surface area contributed by atoms with Gasteiger partial charge in [0.25, 0.3) is 0 Å². The number of rotatable bonds is 4. The van der Waals surface area contributed by atoms with Gasteiger partial charge in [0, 0.05) is 5.92 Å². The Bertz CT molecular complexity index is 508. The zero-order valence-electron chi connectivity index (χ0n) is 9.94. The zero-order chi connectivity index (χ0) is 13.0. The van der Waals surface area contributed by atoms with E-state index in [-0.39, 0.29) is 17.6 Å². The van der Waals surface area contributed by atoms with Gasteiger partial charge in [0.15, 0.2) is 0 Å². The third-order valence-electron chi connectivity index (χ3n) is 3.05. The number of hydrogen-bond acceptors (Lipinski definition) is 1. The fraction of sp³-hybridized carbons (Fsp3) is 0.200. The first-order chi connectivity index (χ1) is 8.70. The second-order valence-corrected chi connectivity index (χ2v) is 4.28. The lowest BCUT2D eigenvalue weighted by Crippen LogP contribution is -2.15. The lowest BCUT2D eigenvalue weighted by molar-refractivity contribution is 0.588. The normalized spacial score (nSPS) is 12.4. The number of benzene rings is 2. The van der Waals surface area contributed by atoms with Crippen molar-refractivity contribution in [3.63, 3.8) is 0 Å². The van der Waals surface area contributed by atoms with Crippen molar-refractivity contribution in [2.75, 3.05) is 6.54 Å². The summed E-state index contributed by atoms with van der Waals surface area (Å²) in [4.78, 5) is 0. The van der Waals surface area contributed by atoms with Gasteiger partial charge in [-0.2, -0.15) is 0 Å². The average Bonchev–Trinajstić information content (AvgIpc) is 2.39. The van der Waals surface area contributed by atoms with Crippen LogP contribution in [0.15, 0.2) is 48.5 Å². The summed E-state index contributed by atoms with van der Waals surface area (Å²) in [6, 6.07) is 12.9. The average molecular weight is 247 g/mol. The number of halogens is 2.